The number of benzene rings is 2. The average Bonchev–Trinajstić information content (AvgIpc) is 3.60. The van der Waals surface area contributed by atoms with Crippen LogP contribution in [0.1, 0.15) is 27.5 Å². The van der Waals surface area contributed by atoms with E-state index in [4.69, 9.17) is 9.15 Å². The lowest BCUT2D eigenvalue weighted by atomic mass is 9.93. The fourth-order valence-corrected chi connectivity index (χ4v) is 4.71. The first-order valence-corrected chi connectivity index (χ1v) is 11.4. The third-order valence-electron chi connectivity index (χ3n) is 6.55. The molecule has 0 N–H and O–H groups in total. The fraction of sp³-hybridized carbons (Fsp3) is 0.192. The van der Waals surface area contributed by atoms with Crippen LogP contribution in [0.25, 0.3) is 16.7 Å². The van der Waals surface area contributed by atoms with Crippen molar-refractivity contribution >= 4 is 28.6 Å². The van der Waals surface area contributed by atoms with Crippen molar-refractivity contribution in [2.75, 3.05) is 0 Å². The summed E-state index contributed by atoms with van der Waals surface area (Å²) in [5.74, 6) is -0.0834. The van der Waals surface area contributed by atoms with E-state index in [0.29, 0.717) is 28.9 Å². The van der Waals surface area contributed by atoms with Crippen molar-refractivity contribution in [3.63, 3.8) is 0 Å². The molecule has 0 bridgehead atoms. The number of amides is 1. The topological polar surface area (TPSA) is 112 Å². The quantitative estimate of drug-likeness (QED) is 0.361. The summed E-state index contributed by atoms with van der Waals surface area (Å²) in [4.78, 5) is 40.7. The van der Waals surface area contributed by atoms with Crippen molar-refractivity contribution in [3.8, 4) is 0 Å². The second-order valence-corrected chi connectivity index (χ2v) is 8.64. The zero-order valence-corrected chi connectivity index (χ0v) is 19.3. The fourth-order valence-electron chi connectivity index (χ4n) is 4.71. The van der Waals surface area contributed by atoms with Crippen molar-refractivity contribution in [1.82, 2.24) is 24.1 Å². The third kappa shape index (κ3) is 3.46. The molecule has 0 saturated heterocycles. The van der Waals surface area contributed by atoms with E-state index in [2.05, 4.69) is 10.2 Å². The number of rotatable bonds is 4. The van der Waals surface area contributed by atoms with Gasteiger partial charge in [-0.15, -0.1) is 10.2 Å². The van der Waals surface area contributed by atoms with Gasteiger partial charge in [-0.25, -0.2) is 4.79 Å². The molecule has 10 heteroatoms. The molecule has 36 heavy (non-hydrogen) atoms. The van der Waals surface area contributed by atoms with Gasteiger partial charge in [0.05, 0.1) is 17.2 Å². The molecule has 1 atom stereocenters. The van der Waals surface area contributed by atoms with Crippen LogP contribution in [-0.4, -0.2) is 42.0 Å². The molecule has 0 aliphatic carbocycles. The van der Waals surface area contributed by atoms with Gasteiger partial charge in [-0.05, 0) is 35.4 Å². The molecule has 0 saturated carbocycles. The van der Waals surface area contributed by atoms with Crippen LogP contribution < -0.4 is 5.56 Å². The van der Waals surface area contributed by atoms with Crippen molar-refractivity contribution in [3.05, 3.63) is 100.0 Å². The van der Waals surface area contributed by atoms with E-state index in [0.717, 1.165) is 11.1 Å². The summed E-state index contributed by atoms with van der Waals surface area (Å²) < 4.78 is 14.1. The van der Waals surface area contributed by atoms with E-state index in [1.165, 1.54) is 15.7 Å². The molecule has 0 fully saturated rings. The highest BCUT2D eigenvalue weighted by molar-refractivity contribution is 5.95. The smallest absolute Gasteiger partial charge is 0.329 e. The maximum absolute atomic E-state index is 13.3. The predicted octanol–water partition coefficient (Wildman–Crippen LogP) is 2.48. The van der Waals surface area contributed by atoms with Gasteiger partial charge in [0.25, 0.3) is 11.5 Å². The standard InChI is InChI=1S/C26H21N5O5/c1-29-23(32)18-9-4-5-10-19(18)31-22(27-28-26(29)31)15-36-25(34)20-13-16-7-2-3-8-17(16)14-30(20)24(33)21-11-6-12-35-21/h2-12,20H,13-15H2,1H3. The Morgan fingerprint density at radius 1 is 1.03 bits per heavy atom. The number of esters is 1. The van der Waals surface area contributed by atoms with Crippen LogP contribution in [0.3, 0.4) is 0 Å². The first-order valence-electron chi connectivity index (χ1n) is 11.4. The molecular weight excluding hydrogens is 462 g/mol. The zero-order valence-electron chi connectivity index (χ0n) is 19.3. The number of para-hydroxylation sites is 1. The van der Waals surface area contributed by atoms with Crippen LogP contribution in [-0.2, 0) is 36.2 Å². The summed E-state index contributed by atoms with van der Waals surface area (Å²) in [6, 6.07) is 17.2. The summed E-state index contributed by atoms with van der Waals surface area (Å²) in [7, 11) is 1.62. The predicted molar refractivity (Wildman–Crippen MR) is 128 cm³/mol. The van der Waals surface area contributed by atoms with Crippen LogP contribution >= 0.6 is 0 Å². The average molecular weight is 483 g/mol. The Labute approximate surface area is 204 Å². The molecule has 1 aliphatic heterocycles. The number of hydrogen-bond donors (Lipinski definition) is 0. The van der Waals surface area contributed by atoms with Gasteiger partial charge in [0, 0.05) is 20.0 Å². The second-order valence-electron chi connectivity index (χ2n) is 8.64. The van der Waals surface area contributed by atoms with Gasteiger partial charge < -0.3 is 14.1 Å². The maximum atomic E-state index is 13.3. The summed E-state index contributed by atoms with van der Waals surface area (Å²) in [5, 5.41) is 8.81. The van der Waals surface area contributed by atoms with Gasteiger partial charge in [-0.1, -0.05) is 36.4 Å². The monoisotopic (exact) mass is 483 g/mol. The van der Waals surface area contributed by atoms with Gasteiger partial charge in [0.2, 0.25) is 5.78 Å². The minimum absolute atomic E-state index is 0.156. The van der Waals surface area contributed by atoms with E-state index in [1.807, 2.05) is 30.3 Å². The number of furan rings is 1. The molecule has 10 nitrogen and oxygen atoms in total. The molecule has 1 aliphatic rings. The van der Waals surface area contributed by atoms with Crippen molar-refractivity contribution in [1.29, 1.82) is 0 Å². The lowest BCUT2D eigenvalue weighted by Gasteiger charge is -2.34. The number of fused-ring (bicyclic) bond motifs is 4. The number of carbonyl (C=O) groups excluding carboxylic acids is 2. The molecule has 4 heterocycles. The maximum Gasteiger partial charge on any atom is 0.329 e. The molecular formula is C26H21N5O5. The van der Waals surface area contributed by atoms with E-state index >= 15 is 0 Å². The van der Waals surface area contributed by atoms with Gasteiger partial charge in [-0.3, -0.25) is 18.6 Å². The van der Waals surface area contributed by atoms with Gasteiger partial charge in [-0.2, -0.15) is 0 Å². The van der Waals surface area contributed by atoms with E-state index in [1.54, 1.807) is 41.8 Å². The van der Waals surface area contributed by atoms with Crippen LogP contribution in [0.5, 0.6) is 0 Å². The van der Waals surface area contributed by atoms with E-state index < -0.39 is 12.0 Å². The minimum atomic E-state index is -0.835. The normalized spacial score (nSPS) is 15.2. The summed E-state index contributed by atoms with van der Waals surface area (Å²) in [5.41, 5.74) is 2.38. The van der Waals surface area contributed by atoms with Gasteiger partial charge >= 0.3 is 5.97 Å². The molecule has 1 amide bonds. The summed E-state index contributed by atoms with van der Waals surface area (Å²) in [6.07, 6.45) is 1.74. The molecule has 3 aromatic heterocycles. The Morgan fingerprint density at radius 3 is 2.61 bits per heavy atom. The SMILES string of the molecule is Cn1c(=O)c2ccccc2n2c(COC(=O)C3Cc4ccccc4CN3C(=O)c3ccco3)nnc12. The number of aryl methyl sites for hydroxylation is 1. The number of aromatic nitrogens is 4. The minimum Gasteiger partial charge on any atom is -0.459 e. The Bertz CT molecular complexity index is 1680. The highest BCUT2D eigenvalue weighted by Crippen LogP contribution is 2.26. The lowest BCUT2D eigenvalue weighted by molar-refractivity contribution is -0.151. The molecule has 0 spiro atoms. The molecule has 5 aromatic rings. The first-order chi connectivity index (χ1) is 17.5. The number of hydrogen-bond acceptors (Lipinski definition) is 7. The third-order valence-corrected chi connectivity index (χ3v) is 6.55. The summed E-state index contributed by atoms with van der Waals surface area (Å²) >= 11 is 0. The summed E-state index contributed by atoms with van der Waals surface area (Å²) in [6.45, 7) is 0.0826. The Balaban J connectivity index is 1.32. The van der Waals surface area contributed by atoms with E-state index in [-0.39, 0.29) is 30.4 Å². The second kappa shape index (κ2) is 8.49. The molecule has 1 unspecified atom stereocenters. The Morgan fingerprint density at radius 2 is 1.81 bits per heavy atom. The molecule has 180 valence electrons. The van der Waals surface area contributed by atoms with Crippen LogP contribution in [0.15, 0.2) is 76.1 Å². The lowest BCUT2D eigenvalue weighted by Crippen LogP contribution is -2.49. The highest BCUT2D eigenvalue weighted by atomic mass is 16.5. The molecule has 6 rings (SSSR count). The van der Waals surface area contributed by atoms with Crippen molar-refractivity contribution < 1.29 is 18.7 Å². The highest BCUT2D eigenvalue weighted by Gasteiger charge is 2.37. The molecule has 2 aromatic carbocycles. The van der Waals surface area contributed by atoms with Crippen LogP contribution in [0.4, 0.5) is 0 Å². The van der Waals surface area contributed by atoms with Crippen LogP contribution in [0, 0.1) is 0 Å². The number of nitrogens with zero attached hydrogens (tertiary/aromatic N) is 5. The van der Waals surface area contributed by atoms with Crippen LogP contribution in [0.2, 0.25) is 0 Å². The zero-order chi connectivity index (χ0) is 24.8. The van der Waals surface area contributed by atoms with Crippen molar-refractivity contribution in [2.24, 2.45) is 7.05 Å². The van der Waals surface area contributed by atoms with E-state index in [9.17, 15) is 14.4 Å². The largest absolute Gasteiger partial charge is 0.459 e. The van der Waals surface area contributed by atoms with Gasteiger partial charge in [0.1, 0.15) is 6.04 Å². The Kier molecular flexibility index (Phi) is 5.14. The Hall–Kier alpha value is -4.73. The number of carbonyl (C=O) groups is 2. The first kappa shape index (κ1) is 21.8. The molecule has 0 radical (unpaired) electrons. The number of ether oxygens (including phenoxy) is 1. The van der Waals surface area contributed by atoms with Gasteiger partial charge in [0.15, 0.2) is 18.2 Å². The van der Waals surface area contributed by atoms with Crippen molar-refractivity contribution in [2.45, 2.75) is 25.6 Å².